The van der Waals surface area contributed by atoms with Crippen molar-refractivity contribution in [1.29, 1.82) is 0 Å². The van der Waals surface area contributed by atoms with Crippen LogP contribution in [0.25, 0.3) is 11.2 Å². The predicted octanol–water partition coefficient (Wildman–Crippen LogP) is 3.51. The summed E-state index contributed by atoms with van der Waals surface area (Å²) in [5, 5.41) is 7.03. The van der Waals surface area contributed by atoms with E-state index in [9.17, 15) is 4.79 Å². The van der Waals surface area contributed by atoms with Crippen LogP contribution in [0.2, 0.25) is 0 Å². The van der Waals surface area contributed by atoms with Crippen LogP contribution in [0.5, 0.6) is 0 Å². The Hall–Kier alpha value is -1.95. The lowest BCUT2D eigenvalue weighted by atomic mass is 9.58. The molecule has 0 radical (unpaired) electrons. The Morgan fingerprint density at radius 3 is 2.86 bits per heavy atom. The van der Waals surface area contributed by atoms with Gasteiger partial charge >= 0.3 is 0 Å². The van der Waals surface area contributed by atoms with Gasteiger partial charge in [0, 0.05) is 23.2 Å². The van der Waals surface area contributed by atoms with Gasteiger partial charge in [-0.05, 0) is 76.8 Å². The van der Waals surface area contributed by atoms with Crippen LogP contribution in [-0.2, 0) is 0 Å². The van der Waals surface area contributed by atoms with Gasteiger partial charge in [0.05, 0.1) is 11.1 Å². The second kappa shape index (κ2) is 6.28. The molecule has 3 fully saturated rings. The molecule has 28 heavy (non-hydrogen) atoms. The minimum Gasteiger partial charge on any atom is -0.347 e. The molecule has 2 aromatic heterocycles. The number of hydrogen-bond acceptors (Lipinski definition) is 4. The number of nitrogens with one attached hydrogen (secondary N) is 3. The van der Waals surface area contributed by atoms with Gasteiger partial charge in [0.15, 0.2) is 5.65 Å². The topological polar surface area (TPSA) is 82.7 Å². The first-order valence-corrected chi connectivity index (χ1v) is 10.7. The molecule has 3 N–H and O–H groups in total. The van der Waals surface area contributed by atoms with Gasteiger partial charge in [0.1, 0.15) is 5.82 Å². The Kier molecular flexibility index (Phi) is 4.06. The number of pyridine rings is 1. The lowest BCUT2D eigenvalue weighted by Crippen LogP contribution is -2.62. The third-order valence-corrected chi connectivity index (χ3v) is 7.19. The minimum absolute atomic E-state index is 0.0137. The van der Waals surface area contributed by atoms with Crippen molar-refractivity contribution in [3.63, 3.8) is 0 Å². The first-order chi connectivity index (χ1) is 13.4. The molecule has 2 heterocycles. The molecule has 4 unspecified atom stereocenters. The first-order valence-electron chi connectivity index (χ1n) is 10.7. The second-order valence-electron chi connectivity index (χ2n) is 9.99. The van der Waals surface area contributed by atoms with Crippen molar-refractivity contribution in [1.82, 2.24) is 25.6 Å². The number of rotatable bonds is 4. The fraction of sp³-hybridized carbons (Fsp3) is 0.682. The summed E-state index contributed by atoms with van der Waals surface area (Å²) in [5.41, 5.74) is 2.04. The highest BCUT2D eigenvalue weighted by Crippen LogP contribution is 2.48. The van der Waals surface area contributed by atoms with Crippen molar-refractivity contribution >= 4 is 17.1 Å². The average Bonchev–Trinajstić information content (AvgIpc) is 3.38. The zero-order valence-corrected chi connectivity index (χ0v) is 17.1. The molecule has 0 aromatic carbocycles. The number of aromatic amines is 1. The summed E-state index contributed by atoms with van der Waals surface area (Å²) < 4.78 is 0. The normalized spacial score (nSPS) is 35.1. The highest BCUT2D eigenvalue weighted by molar-refractivity contribution is 6.04. The van der Waals surface area contributed by atoms with E-state index in [1.807, 2.05) is 6.07 Å². The van der Waals surface area contributed by atoms with Crippen molar-refractivity contribution in [3.8, 4) is 0 Å². The SMILES string of the molecule is CNC12CC(C)CC(CC(C)(NC(=O)c3ccnc4nc(C5CC5)[nH]c34)C1)C2. The smallest absolute Gasteiger partial charge is 0.254 e. The van der Waals surface area contributed by atoms with E-state index in [1.54, 1.807) is 6.20 Å². The van der Waals surface area contributed by atoms with E-state index in [0.29, 0.717) is 23.0 Å². The van der Waals surface area contributed by atoms with Crippen LogP contribution in [0.15, 0.2) is 12.3 Å². The molecule has 4 atom stereocenters. The summed E-state index contributed by atoms with van der Waals surface area (Å²) >= 11 is 0. The molecular formula is C22H31N5O. The van der Waals surface area contributed by atoms with E-state index in [2.05, 4.69) is 46.5 Å². The number of nitrogens with zero attached hydrogens (tertiary/aromatic N) is 2. The van der Waals surface area contributed by atoms with Crippen molar-refractivity contribution in [2.75, 3.05) is 7.05 Å². The molecule has 3 saturated carbocycles. The first kappa shape index (κ1) is 18.1. The summed E-state index contributed by atoms with van der Waals surface area (Å²) in [5.74, 6) is 2.89. The number of amides is 1. The number of carbonyl (C=O) groups is 1. The van der Waals surface area contributed by atoms with Gasteiger partial charge in [-0.3, -0.25) is 4.79 Å². The maximum atomic E-state index is 13.3. The van der Waals surface area contributed by atoms with Gasteiger partial charge in [-0.1, -0.05) is 6.92 Å². The summed E-state index contributed by atoms with van der Waals surface area (Å²) in [4.78, 5) is 25.6. The van der Waals surface area contributed by atoms with Crippen LogP contribution in [0.3, 0.4) is 0 Å². The Bertz CT molecular complexity index is 915. The van der Waals surface area contributed by atoms with Crippen LogP contribution in [0, 0.1) is 11.8 Å². The molecule has 2 aromatic rings. The van der Waals surface area contributed by atoms with E-state index in [-0.39, 0.29) is 17.0 Å². The quantitative estimate of drug-likeness (QED) is 0.757. The monoisotopic (exact) mass is 381 g/mol. The summed E-state index contributed by atoms with van der Waals surface area (Å²) in [6, 6.07) is 1.81. The summed E-state index contributed by atoms with van der Waals surface area (Å²) in [7, 11) is 2.08. The van der Waals surface area contributed by atoms with Crippen molar-refractivity contribution < 1.29 is 4.79 Å². The van der Waals surface area contributed by atoms with Crippen LogP contribution in [0.4, 0.5) is 0 Å². The van der Waals surface area contributed by atoms with E-state index in [4.69, 9.17) is 0 Å². The van der Waals surface area contributed by atoms with Gasteiger partial charge in [-0.25, -0.2) is 9.97 Å². The van der Waals surface area contributed by atoms with E-state index in [0.717, 1.165) is 30.1 Å². The van der Waals surface area contributed by atoms with Crippen molar-refractivity contribution in [2.45, 2.75) is 75.8 Å². The molecule has 5 rings (SSSR count). The second-order valence-corrected chi connectivity index (χ2v) is 9.99. The molecule has 6 heteroatoms. The lowest BCUT2D eigenvalue weighted by Gasteiger charge is -2.54. The predicted molar refractivity (Wildman–Crippen MR) is 109 cm³/mol. The molecular weight excluding hydrogens is 350 g/mol. The third-order valence-electron chi connectivity index (χ3n) is 7.19. The van der Waals surface area contributed by atoms with E-state index < -0.39 is 0 Å². The van der Waals surface area contributed by atoms with Crippen LogP contribution >= 0.6 is 0 Å². The maximum absolute atomic E-state index is 13.3. The molecule has 1 amide bonds. The summed E-state index contributed by atoms with van der Waals surface area (Å²) in [6.07, 6.45) is 9.75. The van der Waals surface area contributed by atoms with Gasteiger partial charge in [0.25, 0.3) is 5.91 Å². The number of carbonyl (C=O) groups excluding carboxylic acids is 1. The Morgan fingerprint density at radius 2 is 2.11 bits per heavy atom. The largest absolute Gasteiger partial charge is 0.347 e. The number of imidazole rings is 1. The number of aromatic nitrogens is 3. The van der Waals surface area contributed by atoms with Gasteiger partial charge in [-0.2, -0.15) is 0 Å². The lowest BCUT2D eigenvalue weighted by molar-refractivity contribution is 0.0310. The minimum atomic E-state index is -0.196. The molecule has 3 aliphatic rings. The molecule has 2 bridgehead atoms. The molecule has 0 saturated heterocycles. The van der Waals surface area contributed by atoms with Crippen LogP contribution < -0.4 is 10.6 Å². The molecule has 3 aliphatic carbocycles. The highest BCUT2D eigenvalue weighted by Gasteiger charge is 2.49. The Labute approximate surface area is 166 Å². The van der Waals surface area contributed by atoms with Crippen molar-refractivity contribution in [2.24, 2.45) is 11.8 Å². The van der Waals surface area contributed by atoms with E-state index in [1.165, 1.54) is 32.1 Å². The molecule has 150 valence electrons. The number of fused-ring (bicyclic) bond motifs is 3. The molecule has 0 spiro atoms. The number of H-pyrrole nitrogens is 1. The van der Waals surface area contributed by atoms with Gasteiger partial charge in [0.2, 0.25) is 0 Å². The van der Waals surface area contributed by atoms with Gasteiger partial charge in [-0.15, -0.1) is 0 Å². The van der Waals surface area contributed by atoms with Crippen LogP contribution in [0.1, 0.15) is 80.9 Å². The molecule has 6 nitrogen and oxygen atoms in total. The Morgan fingerprint density at radius 1 is 1.29 bits per heavy atom. The fourth-order valence-corrected chi connectivity index (χ4v) is 6.19. The van der Waals surface area contributed by atoms with Crippen molar-refractivity contribution in [3.05, 3.63) is 23.7 Å². The summed E-state index contributed by atoms with van der Waals surface area (Å²) in [6.45, 7) is 4.59. The number of hydrogen-bond donors (Lipinski definition) is 3. The van der Waals surface area contributed by atoms with Crippen LogP contribution in [-0.4, -0.2) is 39.0 Å². The average molecular weight is 382 g/mol. The zero-order valence-electron chi connectivity index (χ0n) is 17.1. The molecule has 0 aliphatic heterocycles. The highest BCUT2D eigenvalue weighted by atomic mass is 16.1. The van der Waals surface area contributed by atoms with Gasteiger partial charge < -0.3 is 15.6 Å². The van der Waals surface area contributed by atoms with E-state index >= 15 is 0 Å². The standard InChI is InChI=1S/C22H31N5O/c1-13-8-14-10-21(2,12-22(9-13,11-14)23-3)27-20(28)16-6-7-24-19-17(16)25-18(26-19)15-4-5-15/h6-7,13-15,23H,4-5,8-12H2,1-3H3,(H,27,28)(H,24,25,26). The zero-order chi connectivity index (χ0) is 19.5. The fourth-order valence-electron chi connectivity index (χ4n) is 6.19. The third kappa shape index (κ3) is 3.11. The Balaban J connectivity index is 1.41. The maximum Gasteiger partial charge on any atom is 0.254 e.